The second-order valence-electron chi connectivity index (χ2n) is 4.61. The lowest BCUT2D eigenvalue weighted by Crippen LogP contribution is -2.39. The van der Waals surface area contributed by atoms with Crippen LogP contribution in [0.25, 0.3) is 0 Å². The lowest BCUT2D eigenvalue weighted by atomic mass is 10.3. The van der Waals surface area contributed by atoms with E-state index in [-0.39, 0.29) is 18.4 Å². The van der Waals surface area contributed by atoms with Crippen molar-refractivity contribution < 1.29 is 14.7 Å². The Morgan fingerprint density at radius 1 is 1.53 bits per heavy atom. The monoisotopic (exact) mass is 283 g/mol. The number of nitrogens with zero attached hydrogens (tertiary/aromatic N) is 2. The number of hydrogen-bond donors (Lipinski definition) is 2. The lowest BCUT2D eigenvalue weighted by molar-refractivity contribution is -0.136. The Morgan fingerprint density at radius 3 is 2.84 bits per heavy atom. The van der Waals surface area contributed by atoms with E-state index in [0.29, 0.717) is 10.8 Å². The van der Waals surface area contributed by atoms with Gasteiger partial charge in [-0.1, -0.05) is 0 Å². The maximum absolute atomic E-state index is 12.1. The molecule has 2 heterocycles. The van der Waals surface area contributed by atoms with E-state index in [0.717, 1.165) is 25.9 Å². The Bertz CT molecular complexity index is 469. The van der Waals surface area contributed by atoms with Crippen molar-refractivity contribution in [2.24, 2.45) is 0 Å². The zero-order chi connectivity index (χ0) is 13.8. The van der Waals surface area contributed by atoms with Crippen LogP contribution in [0, 0.1) is 0 Å². The van der Waals surface area contributed by atoms with Gasteiger partial charge in [0, 0.05) is 18.5 Å². The predicted molar refractivity (Wildman–Crippen MR) is 72.4 cm³/mol. The molecule has 0 radical (unpaired) electrons. The second-order valence-corrected chi connectivity index (χ2v) is 5.47. The number of carbonyl (C=O) groups excluding carboxylic acids is 1. The summed E-state index contributed by atoms with van der Waals surface area (Å²) in [5.74, 6) is -0.828. The number of hydrogen-bond acceptors (Lipinski definition) is 5. The van der Waals surface area contributed by atoms with Gasteiger partial charge in [-0.15, -0.1) is 11.3 Å². The number of amides is 1. The third-order valence-electron chi connectivity index (χ3n) is 3.01. The summed E-state index contributed by atoms with van der Waals surface area (Å²) < 4.78 is 0. The number of carbonyl (C=O) groups is 2. The molecule has 19 heavy (non-hydrogen) atoms. The Balaban J connectivity index is 1.90. The van der Waals surface area contributed by atoms with Gasteiger partial charge in [0.2, 0.25) is 5.91 Å². The number of carboxylic acid groups (broad SMARTS) is 1. The number of rotatable bonds is 5. The number of anilines is 1. The van der Waals surface area contributed by atoms with E-state index in [9.17, 15) is 9.59 Å². The normalized spacial score (nSPS) is 16.4. The van der Waals surface area contributed by atoms with Crippen LogP contribution >= 0.6 is 11.3 Å². The van der Waals surface area contributed by atoms with Crippen LogP contribution < -0.4 is 5.32 Å². The fourth-order valence-electron chi connectivity index (χ4n) is 2.07. The molecule has 104 valence electrons. The molecular formula is C12H17N3O3S. The summed E-state index contributed by atoms with van der Waals surface area (Å²) in [7, 11) is 0. The summed E-state index contributed by atoms with van der Waals surface area (Å²) in [6.07, 6.45) is 2.05. The van der Waals surface area contributed by atoms with Crippen molar-refractivity contribution in [2.75, 3.05) is 18.4 Å². The van der Waals surface area contributed by atoms with E-state index in [1.807, 2.05) is 4.90 Å². The van der Waals surface area contributed by atoms with E-state index in [2.05, 4.69) is 10.3 Å². The maximum Gasteiger partial charge on any atom is 0.309 e. The quantitative estimate of drug-likeness (QED) is 0.848. The summed E-state index contributed by atoms with van der Waals surface area (Å²) in [5, 5.41) is 14.0. The standard InChI is InChI=1S/C12H17N3O3S/c1-8(11(18)15-4-2-3-5-15)13-12-14-9(7-19-12)6-10(16)17/h7-8H,2-6H2,1H3,(H,13,14)(H,16,17). The number of thiazole rings is 1. The summed E-state index contributed by atoms with van der Waals surface area (Å²) in [5.41, 5.74) is 0.515. The predicted octanol–water partition coefficient (Wildman–Crippen LogP) is 1.19. The molecule has 1 fully saturated rings. The fraction of sp³-hybridized carbons (Fsp3) is 0.583. The van der Waals surface area contributed by atoms with Gasteiger partial charge in [-0.05, 0) is 19.8 Å². The van der Waals surface area contributed by atoms with Gasteiger partial charge in [0.1, 0.15) is 6.04 Å². The fourth-order valence-corrected chi connectivity index (χ4v) is 2.87. The van der Waals surface area contributed by atoms with Crippen molar-refractivity contribution in [3.63, 3.8) is 0 Å². The van der Waals surface area contributed by atoms with Crippen molar-refractivity contribution in [1.82, 2.24) is 9.88 Å². The minimum atomic E-state index is -0.905. The highest BCUT2D eigenvalue weighted by Crippen LogP contribution is 2.18. The molecule has 7 heteroatoms. The maximum atomic E-state index is 12.1. The Kier molecular flexibility index (Phi) is 4.36. The van der Waals surface area contributed by atoms with Crippen LogP contribution in [-0.2, 0) is 16.0 Å². The van der Waals surface area contributed by atoms with Crippen LogP contribution in [0.4, 0.5) is 5.13 Å². The largest absolute Gasteiger partial charge is 0.481 e. The molecule has 2 rings (SSSR count). The highest BCUT2D eigenvalue weighted by Gasteiger charge is 2.23. The second kappa shape index (κ2) is 6.01. The van der Waals surface area contributed by atoms with Gasteiger partial charge in [0.15, 0.2) is 5.13 Å². The molecule has 1 unspecified atom stereocenters. The average Bonchev–Trinajstić information content (AvgIpc) is 2.98. The molecule has 0 bridgehead atoms. The van der Waals surface area contributed by atoms with E-state index in [1.54, 1.807) is 12.3 Å². The van der Waals surface area contributed by atoms with Crippen molar-refractivity contribution in [1.29, 1.82) is 0 Å². The average molecular weight is 283 g/mol. The van der Waals surface area contributed by atoms with Crippen molar-refractivity contribution in [3.8, 4) is 0 Å². The van der Waals surface area contributed by atoms with Gasteiger partial charge in [0.05, 0.1) is 12.1 Å². The molecule has 1 aliphatic heterocycles. The van der Waals surface area contributed by atoms with Crippen LogP contribution in [0.3, 0.4) is 0 Å². The summed E-state index contributed by atoms with van der Waals surface area (Å²) >= 11 is 1.32. The zero-order valence-corrected chi connectivity index (χ0v) is 11.6. The van der Waals surface area contributed by atoms with Gasteiger partial charge in [0.25, 0.3) is 0 Å². The number of nitrogens with one attached hydrogen (secondary N) is 1. The molecule has 1 aromatic rings. The van der Waals surface area contributed by atoms with Gasteiger partial charge in [-0.2, -0.15) is 0 Å². The third-order valence-corrected chi connectivity index (χ3v) is 3.83. The van der Waals surface area contributed by atoms with Gasteiger partial charge >= 0.3 is 5.97 Å². The highest BCUT2D eigenvalue weighted by molar-refractivity contribution is 7.13. The lowest BCUT2D eigenvalue weighted by Gasteiger charge is -2.20. The molecule has 1 atom stereocenters. The molecule has 1 amide bonds. The highest BCUT2D eigenvalue weighted by atomic mass is 32.1. The van der Waals surface area contributed by atoms with Crippen LogP contribution in [0.5, 0.6) is 0 Å². The molecule has 1 saturated heterocycles. The number of aromatic nitrogens is 1. The smallest absolute Gasteiger partial charge is 0.309 e. The molecule has 0 aliphatic carbocycles. The zero-order valence-electron chi connectivity index (χ0n) is 10.8. The van der Waals surface area contributed by atoms with Crippen LogP contribution in [0.15, 0.2) is 5.38 Å². The van der Waals surface area contributed by atoms with Crippen LogP contribution in [0.1, 0.15) is 25.5 Å². The number of likely N-dealkylation sites (tertiary alicyclic amines) is 1. The Morgan fingerprint density at radius 2 is 2.21 bits per heavy atom. The molecule has 0 spiro atoms. The Labute approximate surface area is 115 Å². The molecule has 1 aromatic heterocycles. The van der Waals surface area contributed by atoms with Gasteiger partial charge in [-0.25, -0.2) is 4.98 Å². The van der Waals surface area contributed by atoms with E-state index >= 15 is 0 Å². The first-order valence-electron chi connectivity index (χ1n) is 6.28. The van der Waals surface area contributed by atoms with Crippen molar-refractivity contribution >= 4 is 28.3 Å². The molecule has 1 aliphatic rings. The minimum absolute atomic E-state index is 0.0764. The summed E-state index contributed by atoms with van der Waals surface area (Å²) in [6, 6.07) is -0.332. The number of carboxylic acids is 1. The third kappa shape index (κ3) is 3.66. The molecule has 0 aromatic carbocycles. The van der Waals surface area contributed by atoms with Gasteiger partial charge in [-0.3, -0.25) is 9.59 Å². The van der Waals surface area contributed by atoms with Crippen molar-refractivity contribution in [3.05, 3.63) is 11.1 Å². The van der Waals surface area contributed by atoms with Gasteiger partial charge < -0.3 is 15.3 Å². The van der Waals surface area contributed by atoms with Crippen molar-refractivity contribution in [2.45, 2.75) is 32.2 Å². The van der Waals surface area contributed by atoms with E-state index in [1.165, 1.54) is 11.3 Å². The topological polar surface area (TPSA) is 82.5 Å². The first-order valence-corrected chi connectivity index (χ1v) is 7.16. The first kappa shape index (κ1) is 13.8. The van der Waals surface area contributed by atoms with E-state index in [4.69, 9.17) is 5.11 Å². The molecule has 6 nitrogen and oxygen atoms in total. The summed E-state index contributed by atoms with van der Waals surface area (Å²) in [6.45, 7) is 3.46. The Hall–Kier alpha value is -1.63. The molecular weight excluding hydrogens is 266 g/mol. The summed E-state index contributed by atoms with van der Waals surface area (Å²) in [4.78, 5) is 28.7. The molecule has 2 N–H and O–H groups in total. The molecule has 0 saturated carbocycles. The number of aliphatic carboxylic acids is 1. The first-order chi connectivity index (χ1) is 9.06. The van der Waals surface area contributed by atoms with Crippen LogP contribution in [0.2, 0.25) is 0 Å². The minimum Gasteiger partial charge on any atom is -0.481 e. The SMILES string of the molecule is CC(Nc1nc(CC(=O)O)cs1)C(=O)N1CCCC1. The van der Waals surface area contributed by atoms with Crippen LogP contribution in [-0.4, -0.2) is 46.0 Å². The van der Waals surface area contributed by atoms with E-state index < -0.39 is 5.97 Å².